The van der Waals surface area contributed by atoms with Gasteiger partial charge in [0.05, 0.1) is 0 Å². The molecule has 1 aliphatic heterocycles. The van der Waals surface area contributed by atoms with Gasteiger partial charge >= 0.3 is 0 Å². The van der Waals surface area contributed by atoms with E-state index in [9.17, 15) is 4.79 Å². The predicted octanol–water partition coefficient (Wildman–Crippen LogP) is 5.36. The molecule has 1 aliphatic rings. The quantitative estimate of drug-likeness (QED) is 0.627. The third-order valence-corrected chi connectivity index (χ3v) is 4.11. The molecule has 0 saturated heterocycles. The fourth-order valence-electron chi connectivity index (χ4n) is 2.13. The summed E-state index contributed by atoms with van der Waals surface area (Å²) < 4.78 is 1.90. The summed E-state index contributed by atoms with van der Waals surface area (Å²) in [6.07, 6.45) is 1.85. The van der Waals surface area contributed by atoms with Crippen molar-refractivity contribution in [3.8, 4) is 0 Å². The van der Waals surface area contributed by atoms with Gasteiger partial charge in [0.25, 0.3) is 5.91 Å². The molecule has 0 aliphatic carbocycles. The van der Waals surface area contributed by atoms with Crippen molar-refractivity contribution in [2.75, 3.05) is 5.32 Å². The molecule has 1 heterocycles. The highest BCUT2D eigenvalue weighted by atomic mass is 79.9. The monoisotopic (exact) mass is 411 g/mol. The topological polar surface area (TPSA) is 29.1 Å². The van der Waals surface area contributed by atoms with Crippen LogP contribution in [0.25, 0.3) is 11.6 Å². The first-order chi connectivity index (χ1) is 9.52. The van der Waals surface area contributed by atoms with Crippen LogP contribution in [-0.2, 0) is 4.79 Å². The number of hydrogen-bond acceptors (Lipinski definition) is 1. The molecule has 2 aromatic carbocycles. The van der Waals surface area contributed by atoms with Crippen LogP contribution in [0.2, 0.25) is 5.02 Å². The molecule has 5 heteroatoms. The van der Waals surface area contributed by atoms with Gasteiger partial charge in [-0.3, -0.25) is 4.79 Å². The van der Waals surface area contributed by atoms with Crippen molar-refractivity contribution < 1.29 is 4.79 Å². The summed E-state index contributed by atoms with van der Waals surface area (Å²) in [6, 6.07) is 11.2. The van der Waals surface area contributed by atoms with Crippen LogP contribution in [-0.4, -0.2) is 5.91 Å². The van der Waals surface area contributed by atoms with Crippen LogP contribution in [0.3, 0.4) is 0 Å². The van der Waals surface area contributed by atoms with Crippen LogP contribution in [0.4, 0.5) is 5.69 Å². The van der Waals surface area contributed by atoms with Crippen LogP contribution in [0, 0.1) is 0 Å². The van der Waals surface area contributed by atoms with Gasteiger partial charge in [-0.1, -0.05) is 43.5 Å². The Hall–Kier alpha value is -1.10. The SMILES string of the molecule is O=C1Nc2ccc(Cl)cc2/C1=C/c1cc(Br)cc(Br)c1. The number of hydrogen-bond donors (Lipinski definition) is 1. The Morgan fingerprint density at radius 2 is 1.75 bits per heavy atom. The standard InChI is InChI=1S/C15H8Br2ClNO/c16-9-3-8(4-10(17)6-9)5-13-12-7-11(18)1-2-14(12)19-15(13)20/h1-7H,(H,19,20)/b13-5-. The summed E-state index contributed by atoms with van der Waals surface area (Å²) in [7, 11) is 0. The molecule has 100 valence electrons. The first kappa shape index (κ1) is 13.9. The van der Waals surface area contributed by atoms with Gasteiger partial charge in [-0.2, -0.15) is 0 Å². The molecule has 0 atom stereocenters. The molecule has 0 fully saturated rings. The average Bonchev–Trinajstić information content (AvgIpc) is 2.65. The number of benzene rings is 2. The predicted molar refractivity (Wildman–Crippen MR) is 89.8 cm³/mol. The second kappa shape index (κ2) is 5.35. The smallest absolute Gasteiger partial charge is 0.256 e. The van der Waals surface area contributed by atoms with Gasteiger partial charge in [-0.05, 0) is 48.0 Å². The number of rotatable bonds is 1. The zero-order valence-electron chi connectivity index (χ0n) is 10.1. The molecular formula is C15H8Br2ClNO. The van der Waals surface area contributed by atoms with Crippen molar-refractivity contribution in [3.05, 3.63) is 61.5 Å². The molecule has 0 aromatic heterocycles. The molecule has 20 heavy (non-hydrogen) atoms. The molecule has 3 rings (SSSR count). The number of amides is 1. The minimum atomic E-state index is -0.113. The maximum atomic E-state index is 12.1. The van der Waals surface area contributed by atoms with Crippen molar-refractivity contribution in [2.24, 2.45) is 0 Å². The lowest BCUT2D eigenvalue weighted by Crippen LogP contribution is -2.03. The number of nitrogens with one attached hydrogen (secondary N) is 1. The largest absolute Gasteiger partial charge is 0.321 e. The number of carbonyl (C=O) groups is 1. The molecule has 2 aromatic rings. The molecule has 2 nitrogen and oxygen atoms in total. The van der Waals surface area contributed by atoms with Crippen LogP contribution in [0.5, 0.6) is 0 Å². The Labute approximate surface area is 138 Å². The Kier molecular flexibility index (Phi) is 3.71. The average molecular weight is 413 g/mol. The zero-order chi connectivity index (χ0) is 14.3. The first-order valence-corrected chi connectivity index (χ1v) is 7.78. The maximum absolute atomic E-state index is 12.1. The summed E-state index contributed by atoms with van der Waals surface area (Å²) >= 11 is 12.9. The minimum absolute atomic E-state index is 0.113. The Morgan fingerprint density at radius 3 is 2.45 bits per heavy atom. The van der Waals surface area contributed by atoms with Crippen molar-refractivity contribution in [2.45, 2.75) is 0 Å². The summed E-state index contributed by atoms with van der Waals surface area (Å²) in [5, 5.41) is 3.45. The maximum Gasteiger partial charge on any atom is 0.256 e. The number of fused-ring (bicyclic) bond motifs is 1. The molecule has 0 saturated carbocycles. The first-order valence-electron chi connectivity index (χ1n) is 5.82. The van der Waals surface area contributed by atoms with Gasteiger partial charge in [-0.25, -0.2) is 0 Å². The molecule has 0 spiro atoms. The van der Waals surface area contributed by atoms with Gasteiger partial charge in [-0.15, -0.1) is 0 Å². The van der Waals surface area contributed by atoms with E-state index in [1.165, 1.54) is 0 Å². The van der Waals surface area contributed by atoms with E-state index in [2.05, 4.69) is 37.2 Å². The molecular weight excluding hydrogens is 405 g/mol. The van der Waals surface area contributed by atoms with Crippen molar-refractivity contribution in [1.29, 1.82) is 0 Å². The van der Waals surface area contributed by atoms with E-state index >= 15 is 0 Å². The molecule has 0 bridgehead atoms. The van der Waals surface area contributed by atoms with E-state index in [-0.39, 0.29) is 5.91 Å². The van der Waals surface area contributed by atoms with Gasteiger partial charge < -0.3 is 5.32 Å². The van der Waals surface area contributed by atoms with E-state index in [0.717, 1.165) is 25.8 Å². The van der Waals surface area contributed by atoms with Gasteiger partial charge in [0.2, 0.25) is 0 Å². The van der Waals surface area contributed by atoms with E-state index < -0.39 is 0 Å². The molecule has 0 radical (unpaired) electrons. The number of anilines is 1. The lowest BCUT2D eigenvalue weighted by Gasteiger charge is -2.01. The van der Waals surface area contributed by atoms with Crippen molar-refractivity contribution >= 4 is 66.7 Å². The Bertz CT molecular complexity index is 735. The van der Waals surface area contributed by atoms with Gasteiger partial charge in [0.1, 0.15) is 0 Å². The second-order valence-corrected chi connectivity index (χ2v) is 6.67. The molecule has 1 N–H and O–H groups in total. The Morgan fingerprint density at radius 1 is 1.05 bits per heavy atom. The lowest BCUT2D eigenvalue weighted by atomic mass is 10.0. The van der Waals surface area contributed by atoms with Gasteiger partial charge in [0.15, 0.2) is 0 Å². The number of halogens is 3. The molecule has 1 amide bonds. The number of carbonyl (C=O) groups excluding carboxylic acids is 1. The van der Waals surface area contributed by atoms with Crippen LogP contribution < -0.4 is 5.32 Å². The van der Waals surface area contributed by atoms with E-state index in [1.54, 1.807) is 12.1 Å². The van der Waals surface area contributed by atoms with Gasteiger partial charge in [0, 0.05) is 30.8 Å². The van der Waals surface area contributed by atoms with Crippen molar-refractivity contribution in [1.82, 2.24) is 0 Å². The van der Waals surface area contributed by atoms with Crippen LogP contribution >= 0.6 is 43.5 Å². The summed E-state index contributed by atoms with van der Waals surface area (Å²) in [4.78, 5) is 12.1. The van der Waals surface area contributed by atoms with E-state index in [1.807, 2.05) is 30.3 Å². The lowest BCUT2D eigenvalue weighted by molar-refractivity contribution is -0.110. The third kappa shape index (κ3) is 2.68. The zero-order valence-corrected chi connectivity index (χ0v) is 14.0. The third-order valence-electron chi connectivity index (χ3n) is 2.96. The fourth-order valence-corrected chi connectivity index (χ4v) is 3.63. The van der Waals surface area contributed by atoms with E-state index in [4.69, 9.17) is 11.6 Å². The van der Waals surface area contributed by atoms with Crippen molar-refractivity contribution in [3.63, 3.8) is 0 Å². The normalized spacial score (nSPS) is 15.3. The summed E-state index contributed by atoms with van der Waals surface area (Å²) in [6.45, 7) is 0. The molecule has 0 unspecified atom stereocenters. The highest BCUT2D eigenvalue weighted by Gasteiger charge is 2.24. The minimum Gasteiger partial charge on any atom is -0.321 e. The highest BCUT2D eigenvalue weighted by molar-refractivity contribution is 9.11. The fraction of sp³-hybridized carbons (Fsp3) is 0. The van der Waals surface area contributed by atoms with Crippen LogP contribution in [0.1, 0.15) is 11.1 Å². The van der Waals surface area contributed by atoms with E-state index in [0.29, 0.717) is 10.6 Å². The summed E-state index contributed by atoms with van der Waals surface area (Å²) in [5.74, 6) is -0.113. The van der Waals surface area contributed by atoms with Crippen LogP contribution in [0.15, 0.2) is 45.3 Å². The highest BCUT2D eigenvalue weighted by Crippen LogP contribution is 2.35. The second-order valence-electron chi connectivity index (χ2n) is 4.40. The Balaban J connectivity index is 2.12. The summed E-state index contributed by atoms with van der Waals surface area (Å²) in [5.41, 5.74) is 3.18.